The Kier molecular flexibility index (Phi) is 4.18. The van der Waals surface area contributed by atoms with Crippen LogP contribution in [0.25, 0.3) is 0 Å². The molecule has 2 rings (SSSR count). The summed E-state index contributed by atoms with van der Waals surface area (Å²) in [5.74, 6) is 0. The quantitative estimate of drug-likeness (QED) is 0.848. The lowest BCUT2D eigenvalue weighted by molar-refractivity contribution is 0.278. The van der Waals surface area contributed by atoms with Gasteiger partial charge in [-0.15, -0.1) is 11.3 Å². The third-order valence-electron chi connectivity index (χ3n) is 2.67. The summed E-state index contributed by atoms with van der Waals surface area (Å²) in [7, 11) is 0. The van der Waals surface area contributed by atoms with Gasteiger partial charge in [0.2, 0.25) is 0 Å². The zero-order valence-corrected chi connectivity index (χ0v) is 10.7. The van der Waals surface area contributed by atoms with Crippen LogP contribution < -0.4 is 5.32 Å². The number of aryl methyl sites for hydroxylation is 1. The fraction of sp³-hybridized carbons (Fsp3) is 0.286. The first-order valence-corrected chi connectivity index (χ1v) is 6.66. The molecule has 1 aromatic carbocycles. The van der Waals surface area contributed by atoms with Gasteiger partial charge in [-0.2, -0.15) is 0 Å². The second-order valence-corrected chi connectivity index (χ2v) is 5.10. The van der Waals surface area contributed by atoms with Gasteiger partial charge in [0.15, 0.2) is 0 Å². The van der Waals surface area contributed by atoms with E-state index < -0.39 is 0 Å². The van der Waals surface area contributed by atoms with E-state index in [1.165, 1.54) is 9.75 Å². The molecule has 2 nitrogen and oxygen atoms in total. The number of anilines is 1. The number of para-hydroxylation sites is 1. The number of aliphatic hydroxyl groups excluding tert-OH is 1. The number of nitrogens with one attached hydrogen (secondary N) is 1. The van der Waals surface area contributed by atoms with Crippen molar-refractivity contribution < 1.29 is 5.11 Å². The van der Waals surface area contributed by atoms with Gasteiger partial charge in [0.1, 0.15) is 0 Å². The van der Waals surface area contributed by atoms with Gasteiger partial charge in [-0.3, -0.25) is 0 Å². The van der Waals surface area contributed by atoms with E-state index >= 15 is 0 Å². The van der Waals surface area contributed by atoms with Crippen LogP contribution in [0.5, 0.6) is 0 Å². The summed E-state index contributed by atoms with van der Waals surface area (Å²) >= 11 is 1.76. The molecule has 90 valence electrons. The van der Waals surface area contributed by atoms with Gasteiger partial charge >= 0.3 is 0 Å². The zero-order chi connectivity index (χ0) is 12.1. The largest absolute Gasteiger partial charge is 0.394 e. The Morgan fingerprint density at radius 2 is 1.94 bits per heavy atom. The molecule has 0 aliphatic carbocycles. The first-order valence-electron chi connectivity index (χ1n) is 5.84. The second-order valence-electron chi connectivity index (χ2n) is 3.90. The average Bonchev–Trinajstić information content (AvgIpc) is 2.86. The maximum atomic E-state index is 9.47. The smallest absolute Gasteiger partial charge is 0.0837 e. The average molecular weight is 247 g/mol. The number of hydrogen-bond acceptors (Lipinski definition) is 3. The molecule has 0 saturated heterocycles. The maximum Gasteiger partial charge on any atom is 0.0837 e. The molecule has 0 saturated carbocycles. The van der Waals surface area contributed by atoms with Crippen molar-refractivity contribution in [3.8, 4) is 0 Å². The van der Waals surface area contributed by atoms with Gasteiger partial charge in [-0.25, -0.2) is 0 Å². The highest BCUT2D eigenvalue weighted by Crippen LogP contribution is 2.26. The number of rotatable bonds is 5. The van der Waals surface area contributed by atoms with Gasteiger partial charge in [0.05, 0.1) is 12.6 Å². The molecule has 0 aliphatic heterocycles. The van der Waals surface area contributed by atoms with Crippen LogP contribution in [-0.2, 0) is 6.42 Å². The molecular formula is C14H17NOS. The van der Waals surface area contributed by atoms with E-state index in [4.69, 9.17) is 0 Å². The molecule has 1 aromatic heterocycles. The van der Waals surface area contributed by atoms with Crippen LogP contribution in [0.4, 0.5) is 5.69 Å². The number of benzene rings is 1. The molecule has 1 heterocycles. The molecule has 2 aromatic rings. The Morgan fingerprint density at radius 3 is 2.53 bits per heavy atom. The fourth-order valence-corrected chi connectivity index (χ4v) is 2.71. The summed E-state index contributed by atoms with van der Waals surface area (Å²) in [6, 6.07) is 14.2. The van der Waals surface area contributed by atoms with Crippen LogP contribution >= 0.6 is 11.3 Å². The standard InChI is InChI=1S/C14H17NOS/c1-2-12-8-9-14(17-12)13(10-16)15-11-6-4-3-5-7-11/h3-9,13,15-16H,2,10H2,1H3. The highest BCUT2D eigenvalue weighted by Gasteiger charge is 2.12. The molecule has 0 radical (unpaired) electrons. The van der Waals surface area contributed by atoms with E-state index in [0.717, 1.165) is 12.1 Å². The Labute approximate surface area is 106 Å². The van der Waals surface area contributed by atoms with Crippen molar-refractivity contribution in [3.05, 3.63) is 52.2 Å². The van der Waals surface area contributed by atoms with Gasteiger partial charge in [0, 0.05) is 15.4 Å². The lowest BCUT2D eigenvalue weighted by Crippen LogP contribution is -2.13. The predicted octanol–water partition coefficient (Wildman–Crippen LogP) is 3.46. The Hall–Kier alpha value is -1.32. The number of thiophene rings is 1. The van der Waals surface area contributed by atoms with Crippen LogP contribution in [-0.4, -0.2) is 11.7 Å². The first-order chi connectivity index (χ1) is 8.33. The van der Waals surface area contributed by atoms with Gasteiger partial charge in [-0.05, 0) is 30.7 Å². The molecule has 3 heteroatoms. The Balaban J connectivity index is 2.11. The molecule has 17 heavy (non-hydrogen) atoms. The van der Waals surface area contributed by atoms with Gasteiger partial charge in [-0.1, -0.05) is 25.1 Å². The third-order valence-corrected chi connectivity index (χ3v) is 4.01. The molecule has 0 amide bonds. The summed E-state index contributed by atoms with van der Waals surface area (Å²) in [6.45, 7) is 2.26. The predicted molar refractivity (Wildman–Crippen MR) is 73.6 cm³/mol. The van der Waals surface area contributed by atoms with E-state index in [2.05, 4.69) is 24.4 Å². The zero-order valence-electron chi connectivity index (χ0n) is 9.89. The van der Waals surface area contributed by atoms with Crippen molar-refractivity contribution in [1.82, 2.24) is 0 Å². The number of hydrogen-bond donors (Lipinski definition) is 2. The molecule has 2 N–H and O–H groups in total. The highest BCUT2D eigenvalue weighted by atomic mass is 32.1. The summed E-state index contributed by atoms with van der Waals surface area (Å²) in [5.41, 5.74) is 1.04. The number of aliphatic hydroxyl groups is 1. The van der Waals surface area contributed by atoms with Crippen molar-refractivity contribution >= 4 is 17.0 Å². The molecule has 0 bridgehead atoms. The maximum absolute atomic E-state index is 9.47. The van der Waals surface area contributed by atoms with Crippen LogP contribution in [0.15, 0.2) is 42.5 Å². The summed E-state index contributed by atoms with van der Waals surface area (Å²) in [6.07, 6.45) is 1.05. The van der Waals surface area contributed by atoms with Crippen molar-refractivity contribution in [2.75, 3.05) is 11.9 Å². The fourth-order valence-electron chi connectivity index (χ4n) is 1.71. The SMILES string of the molecule is CCc1ccc(C(CO)Nc2ccccc2)s1. The lowest BCUT2D eigenvalue weighted by atomic mass is 10.2. The van der Waals surface area contributed by atoms with Gasteiger partial charge in [0.25, 0.3) is 0 Å². The molecule has 1 atom stereocenters. The minimum absolute atomic E-state index is 0.0114. The lowest BCUT2D eigenvalue weighted by Gasteiger charge is -2.16. The van der Waals surface area contributed by atoms with Crippen LogP contribution in [0, 0.1) is 0 Å². The molecule has 0 spiro atoms. The third kappa shape index (κ3) is 3.08. The minimum Gasteiger partial charge on any atom is -0.394 e. The molecule has 0 aliphatic rings. The summed E-state index contributed by atoms with van der Waals surface area (Å²) in [5, 5.41) is 12.8. The monoisotopic (exact) mass is 247 g/mol. The highest BCUT2D eigenvalue weighted by molar-refractivity contribution is 7.12. The first kappa shape index (κ1) is 12.1. The Morgan fingerprint density at radius 1 is 1.18 bits per heavy atom. The van der Waals surface area contributed by atoms with E-state index in [0.29, 0.717) is 0 Å². The van der Waals surface area contributed by atoms with Crippen LogP contribution in [0.3, 0.4) is 0 Å². The normalized spacial score (nSPS) is 12.4. The van der Waals surface area contributed by atoms with Crippen molar-refractivity contribution in [1.29, 1.82) is 0 Å². The van der Waals surface area contributed by atoms with E-state index in [9.17, 15) is 5.11 Å². The second kappa shape index (κ2) is 5.84. The van der Waals surface area contributed by atoms with Crippen LogP contribution in [0.1, 0.15) is 22.7 Å². The van der Waals surface area contributed by atoms with Crippen molar-refractivity contribution in [2.45, 2.75) is 19.4 Å². The van der Waals surface area contributed by atoms with E-state index in [1.807, 2.05) is 30.3 Å². The van der Waals surface area contributed by atoms with Gasteiger partial charge < -0.3 is 10.4 Å². The minimum atomic E-state index is -0.0114. The van der Waals surface area contributed by atoms with E-state index in [-0.39, 0.29) is 12.6 Å². The van der Waals surface area contributed by atoms with Crippen molar-refractivity contribution in [2.24, 2.45) is 0 Å². The topological polar surface area (TPSA) is 32.3 Å². The van der Waals surface area contributed by atoms with Crippen molar-refractivity contribution in [3.63, 3.8) is 0 Å². The summed E-state index contributed by atoms with van der Waals surface area (Å²) in [4.78, 5) is 2.54. The molecule has 0 fully saturated rings. The van der Waals surface area contributed by atoms with E-state index in [1.54, 1.807) is 11.3 Å². The van der Waals surface area contributed by atoms with Crippen LogP contribution in [0.2, 0.25) is 0 Å². The summed E-state index contributed by atoms with van der Waals surface area (Å²) < 4.78 is 0. The molecular weight excluding hydrogens is 230 g/mol. The Bertz CT molecular complexity index is 452. The molecule has 1 unspecified atom stereocenters.